The van der Waals surface area contributed by atoms with E-state index in [1.165, 1.54) is 17.3 Å². The Hall–Kier alpha value is -3.74. The molecule has 0 spiro atoms. The number of nitrogens with one attached hydrogen (secondary N) is 1. The van der Waals surface area contributed by atoms with Gasteiger partial charge in [0.15, 0.2) is 0 Å². The van der Waals surface area contributed by atoms with Crippen LogP contribution in [0.3, 0.4) is 0 Å². The molecular weight excluding hydrogens is 358 g/mol. The predicted molar refractivity (Wildman–Crippen MR) is 105 cm³/mol. The second-order valence-electron chi connectivity index (χ2n) is 6.46. The minimum Gasteiger partial charge on any atom is -0.481 e. The lowest BCUT2D eigenvalue weighted by atomic mass is 9.92. The molecule has 3 aromatic rings. The average molecular weight is 375 g/mol. The summed E-state index contributed by atoms with van der Waals surface area (Å²) in [5.41, 5.74) is 2.16. The van der Waals surface area contributed by atoms with Crippen LogP contribution in [0, 0.1) is 0 Å². The van der Waals surface area contributed by atoms with E-state index in [9.17, 15) is 14.4 Å². The fourth-order valence-corrected chi connectivity index (χ4v) is 3.44. The zero-order valence-corrected chi connectivity index (χ0v) is 14.9. The number of carbonyl (C=O) groups is 3. The largest absolute Gasteiger partial charge is 0.481 e. The van der Waals surface area contributed by atoms with Crippen molar-refractivity contribution in [3.8, 4) is 0 Å². The van der Waals surface area contributed by atoms with Crippen LogP contribution < -0.4 is 10.2 Å². The number of aliphatic carboxylic acids is 1. The SMILES string of the molecule is O=C(O)CCCNc1ccc2c3c(cccc13)C(=O)N(c1ccncc1)C2=O. The number of aromatic nitrogens is 1. The van der Waals surface area contributed by atoms with Crippen LogP contribution in [0.2, 0.25) is 0 Å². The molecule has 7 nitrogen and oxygen atoms in total. The molecule has 4 rings (SSSR count). The fraction of sp³-hybridized carbons (Fsp3) is 0.143. The number of pyridine rings is 1. The average Bonchev–Trinajstić information content (AvgIpc) is 2.70. The molecule has 7 heteroatoms. The topological polar surface area (TPSA) is 99.6 Å². The Morgan fingerprint density at radius 3 is 2.43 bits per heavy atom. The molecule has 1 aromatic heterocycles. The molecule has 1 aliphatic heterocycles. The van der Waals surface area contributed by atoms with E-state index in [2.05, 4.69) is 10.3 Å². The molecule has 2 N–H and O–H groups in total. The van der Waals surface area contributed by atoms with E-state index in [0.29, 0.717) is 35.2 Å². The number of carbonyl (C=O) groups excluding carboxylic acids is 2. The van der Waals surface area contributed by atoms with Crippen LogP contribution in [0.15, 0.2) is 54.9 Å². The quantitative estimate of drug-likeness (QED) is 0.506. The van der Waals surface area contributed by atoms with E-state index < -0.39 is 5.97 Å². The maximum absolute atomic E-state index is 13.1. The van der Waals surface area contributed by atoms with E-state index in [1.54, 1.807) is 36.4 Å². The Balaban J connectivity index is 1.74. The number of rotatable bonds is 6. The third-order valence-corrected chi connectivity index (χ3v) is 4.71. The number of amides is 2. The summed E-state index contributed by atoms with van der Waals surface area (Å²) in [5, 5.41) is 13.4. The van der Waals surface area contributed by atoms with Gasteiger partial charge in [-0.15, -0.1) is 0 Å². The smallest absolute Gasteiger partial charge is 0.303 e. The van der Waals surface area contributed by atoms with Gasteiger partial charge in [0.25, 0.3) is 11.8 Å². The number of carboxylic acid groups (broad SMARTS) is 1. The van der Waals surface area contributed by atoms with Crippen molar-refractivity contribution in [2.45, 2.75) is 12.8 Å². The number of carboxylic acids is 1. The molecule has 0 unspecified atom stereocenters. The highest BCUT2D eigenvalue weighted by Gasteiger charge is 2.34. The number of nitrogens with zero attached hydrogens (tertiary/aromatic N) is 2. The Labute approximate surface area is 160 Å². The molecule has 0 fully saturated rings. The Morgan fingerprint density at radius 2 is 1.71 bits per heavy atom. The van der Waals surface area contributed by atoms with E-state index >= 15 is 0 Å². The summed E-state index contributed by atoms with van der Waals surface area (Å²) in [6.45, 7) is 0.482. The normalized spacial score (nSPS) is 13.1. The second-order valence-corrected chi connectivity index (χ2v) is 6.46. The highest BCUT2D eigenvalue weighted by atomic mass is 16.4. The van der Waals surface area contributed by atoms with Gasteiger partial charge >= 0.3 is 5.97 Å². The molecule has 2 heterocycles. The zero-order chi connectivity index (χ0) is 19.7. The number of hydrogen-bond acceptors (Lipinski definition) is 5. The highest BCUT2D eigenvalue weighted by Crippen LogP contribution is 2.36. The van der Waals surface area contributed by atoms with Crippen molar-refractivity contribution < 1.29 is 19.5 Å². The van der Waals surface area contributed by atoms with Crippen LogP contribution in [0.25, 0.3) is 10.8 Å². The van der Waals surface area contributed by atoms with Crippen molar-refractivity contribution in [3.63, 3.8) is 0 Å². The molecule has 140 valence electrons. The third-order valence-electron chi connectivity index (χ3n) is 4.71. The van der Waals surface area contributed by atoms with Crippen LogP contribution in [0.1, 0.15) is 33.6 Å². The van der Waals surface area contributed by atoms with Gasteiger partial charge in [0, 0.05) is 52.9 Å². The lowest BCUT2D eigenvalue weighted by Gasteiger charge is -2.27. The first kappa shape index (κ1) is 17.7. The van der Waals surface area contributed by atoms with Crippen molar-refractivity contribution in [2.24, 2.45) is 0 Å². The van der Waals surface area contributed by atoms with Crippen molar-refractivity contribution in [2.75, 3.05) is 16.8 Å². The minimum absolute atomic E-state index is 0.0755. The van der Waals surface area contributed by atoms with Crippen molar-refractivity contribution >= 4 is 39.9 Å². The lowest BCUT2D eigenvalue weighted by Crippen LogP contribution is -2.40. The molecule has 0 aliphatic carbocycles. The van der Waals surface area contributed by atoms with Crippen LogP contribution in [0.5, 0.6) is 0 Å². The van der Waals surface area contributed by atoms with Crippen LogP contribution in [-0.4, -0.2) is 34.4 Å². The van der Waals surface area contributed by atoms with E-state index in [1.807, 2.05) is 6.07 Å². The summed E-state index contributed by atoms with van der Waals surface area (Å²) >= 11 is 0. The molecule has 2 amide bonds. The van der Waals surface area contributed by atoms with Gasteiger partial charge in [0.2, 0.25) is 0 Å². The minimum atomic E-state index is -0.842. The molecular formula is C21H17N3O4. The predicted octanol–water partition coefficient (Wildman–Crippen LogP) is 3.31. The van der Waals surface area contributed by atoms with Gasteiger partial charge in [-0.05, 0) is 36.8 Å². The summed E-state index contributed by atoms with van der Waals surface area (Å²) in [7, 11) is 0. The maximum Gasteiger partial charge on any atom is 0.303 e. The summed E-state index contributed by atoms with van der Waals surface area (Å²) in [4.78, 5) is 41.9. The fourth-order valence-electron chi connectivity index (χ4n) is 3.44. The molecule has 0 atom stereocenters. The van der Waals surface area contributed by atoms with Gasteiger partial charge in [0.05, 0.1) is 5.69 Å². The number of anilines is 2. The standard InChI is InChI=1S/C21H17N3O4/c25-18(26)5-2-10-23-17-7-6-16-19-14(17)3-1-4-15(19)20(27)24(21(16)28)13-8-11-22-12-9-13/h1,3-4,6-9,11-12,23H,2,5,10H2,(H,25,26). The van der Waals surface area contributed by atoms with Gasteiger partial charge < -0.3 is 10.4 Å². The number of benzene rings is 2. The van der Waals surface area contributed by atoms with Gasteiger partial charge in [-0.1, -0.05) is 12.1 Å². The summed E-state index contributed by atoms with van der Waals surface area (Å²) < 4.78 is 0. The summed E-state index contributed by atoms with van der Waals surface area (Å²) in [5.74, 6) is -1.60. The third kappa shape index (κ3) is 2.96. The van der Waals surface area contributed by atoms with Crippen LogP contribution in [0.4, 0.5) is 11.4 Å². The molecule has 0 saturated heterocycles. The van der Waals surface area contributed by atoms with Gasteiger partial charge in [-0.3, -0.25) is 19.4 Å². The van der Waals surface area contributed by atoms with E-state index in [4.69, 9.17) is 5.11 Å². The van der Waals surface area contributed by atoms with Crippen molar-refractivity contribution in [1.82, 2.24) is 4.98 Å². The maximum atomic E-state index is 13.1. The molecule has 28 heavy (non-hydrogen) atoms. The summed E-state index contributed by atoms with van der Waals surface area (Å²) in [6.07, 6.45) is 3.63. The zero-order valence-electron chi connectivity index (χ0n) is 14.9. The summed E-state index contributed by atoms with van der Waals surface area (Å²) in [6, 6.07) is 12.1. The monoisotopic (exact) mass is 375 g/mol. The van der Waals surface area contributed by atoms with E-state index in [-0.39, 0.29) is 18.2 Å². The molecule has 1 aliphatic rings. The highest BCUT2D eigenvalue weighted by molar-refractivity contribution is 6.36. The van der Waals surface area contributed by atoms with Gasteiger partial charge in [-0.25, -0.2) is 4.90 Å². The Kier molecular flexibility index (Phi) is 4.49. The second kappa shape index (κ2) is 7.11. The van der Waals surface area contributed by atoms with Gasteiger partial charge in [-0.2, -0.15) is 0 Å². The molecule has 2 aromatic carbocycles. The lowest BCUT2D eigenvalue weighted by molar-refractivity contribution is -0.137. The first-order valence-electron chi connectivity index (χ1n) is 8.88. The molecule has 0 bridgehead atoms. The Morgan fingerprint density at radius 1 is 1.00 bits per heavy atom. The van der Waals surface area contributed by atoms with Crippen molar-refractivity contribution in [3.05, 3.63) is 66.0 Å². The Bertz CT molecular complexity index is 1070. The van der Waals surface area contributed by atoms with Crippen molar-refractivity contribution in [1.29, 1.82) is 0 Å². The first-order valence-corrected chi connectivity index (χ1v) is 8.88. The van der Waals surface area contributed by atoms with E-state index in [0.717, 1.165) is 11.1 Å². The molecule has 0 radical (unpaired) electrons. The first-order chi connectivity index (χ1) is 13.6. The number of hydrogen-bond donors (Lipinski definition) is 2. The molecule has 0 saturated carbocycles. The van der Waals surface area contributed by atoms with Crippen LogP contribution in [-0.2, 0) is 4.79 Å². The number of imide groups is 1. The van der Waals surface area contributed by atoms with Crippen LogP contribution >= 0.6 is 0 Å². The van der Waals surface area contributed by atoms with Gasteiger partial charge in [0.1, 0.15) is 0 Å².